The van der Waals surface area contributed by atoms with Crippen molar-refractivity contribution in [2.24, 2.45) is 0 Å². The quantitative estimate of drug-likeness (QED) is 0.376. The highest BCUT2D eigenvalue weighted by Crippen LogP contribution is 2.50. The van der Waals surface area contributed by atoms with Gasteiger partial charge in [-0.3, -0.25) is 0 Å². The molecule has 4 rings (SSSR count). The number of hydrogen-bond acceptors (Lipinski definition) is 7. The number of hydrogen-bond donors (Lipinski definition) is 4. The molecule has 1 fully saturated rings. The van der Waals surface area contributed by atoms with Gasteiger partial charge in [0.25, 0.3) is 0 Å². The summed E-state index contributed by atoms with van der Waals surface area (Å²) in [7, 11) is -3.86. The van der Waals surface area contributed by atoms with Crippen LogP contribution in [-0.2, 0) is 14.6 Å². The van der Waals surface area contributed by atoms with Crippen LogP contribution in [0.15, 0.2) is 59.5 Å². The van der Waals surface area contributed by atoms with Crippen molar-refractivity contribution in [3.63, 3.8) is 0 Å². The summed E-state index contributed by atoms with van der Waals surface area (Å²) < 4.78 is 39.2. The number of nitrogens with one attached hydrogen (secondary N) is 2. The Bertz CT molecular complexity index is 1290. The number of nitrogen functional groups attached to an aromatic ring is 1. The summed E-state index contributed by atoms with van der Waals surface area (Å²) in [5, 5.41) is 13.9. The fourth-order valence-electron chi connectivity index (χ4n) is 3.88. The van der Waals surface area contributed by atoms with Crippen LogP contribution in [0.25, 0.3) is 11.4 Å². The second-order valence-corrected chi connectivity index (χ2v) is 10.2. The van der Waals surface area contributed by atoms with Gasteiger partial charge in [-0.15, -0.1) is 0 Å². The topological polar surface area (TPSA) is 147 Å². The molecule has 0 atom stereocenters. The van der Waals surface area contributed by atoms with Crippen molar-refractivity contribution in [3.05, 3.63) is 66.1 Å². The highest BCUT2D eigenvalue weighted by atomic mass is 32.2. The summed E-state index contributed by atoms with van der Waals surface area (Å²) in [6.45, 7) is -0.0355. The normalized spacial score (nSPS) is 14.8. The minimum Gasteiger partial charge on any atom is -0.395 e. The van der Waals surface area contributed by atoms with E-state index in [4.69, 9.17) is 10.8 Å². The molecular formula is C23H24FN5O4S. The SMILES string of the molecule is Nc1cc(C2(S(=O)(=O)c3ccc(F)cc3)CCC2)nc(-c2ccc(NC(=O)NCCO)cc2)n1. The Balaban J connectivity index is 1.65. The van der Waals surface area contributed by atoms with Crippen molar-refractivity contribution in [3.8, 4) is 11.4 Å². The van der Waals surface area contributed by atoms with Crippen molar-refractivity contribution in [2.45, 2.75) is 28.9 Å². The molecular weight excluding hydrogens is 461 g/mol. The van der Waals surface area contributed by atoms with Gasteiger partial charge >= 0.3 is 6.03 Å². The van der Waals surface area contributed by atoms with Crippen LogP contribution in [0.2, 0.25) is 0 Å². The van der Waals surface area contributed by atoms with Crippen LogP contribution in [0, 0.1) is 5.82 Å². The minimum absolute atomic E-state index is 0.0298. The second kappa shape index (κ2) is 9.35. The first-order valence-corrected chi connectivity index (χ1v) is 12.1. The van der Waals surface area contributed by atoms with Crippen molar-refractivity contribution in [1.82, 2.24) is 15.3 Å². The van der Waals surface area contributed by atoms with Crippen molar-refractivity contribution in [2.75, 3.05) is 24.2 Å². The van der Waals surface area contributed by atoms with E-state index >= 15 is 0 Å². The first-order valence-electron chi connectivity index (χ1n) is 10.7. The third kappa shape index (κ3) is 4.44. The van der Waals surface area contributed by atoms with E-state index < -0.39 is 26.4 Å². The van der Waals surface area contributed by atoms with Crippen LogP contribution in [0.1, 0.15) is 25.0 Å². The molecule has 2 aromatic carbocycles. The summed E-state index contributed by atoms with van der Waals surface area (Å²) >= 11 is 0. The Hall–Kier alpha value is -3.57. The lowest BCUT2D eigenvalue weighted by molar-refractivity contribution is 0.245. The summed E-state index contributed by atoms with van der Waals surface area (Å²) in [5.74, 6) is -0.128. The van der Waals surface area contributed by atoms with Crippen molar-refractivity contribution in [1.29, 1.82) is 0 Å². The number of anilines is 2. The van der Waals surface area contributed by atoms with Gasteiger partial charge in [-0.05, 0) is 67.8 Å². The Morgan fingerprint density at radius 1 is 1.09 bits per heavy atom. The van der Waals surface area contributed by atoms with Gasteiger partial charge in [0, 0.05) is 23.9 Å². The molecule has 34 heavy (non-hydrogen) atoms. The number of rotatable bonds is 7. The van der Waals surface area contributed by atoms with E-state index in [9.17, 15) is 17.6 Å². The number of amides is 2. The van der Waals surface area contributed by atoms with Gasteiger partial charge in [-0.2, -0.15) is 0 Å². The number of benzene rings is 2. The van der Waals surface area contributed by atoms with E-state index in [0.717, 1.165) is 12.1 Å². The van der Waals surface area contributed by atoms with Gasteiger partial charge < -0.3 is 21.5 Å². The zero-order valence-corrected chi connectivity index (χ0v) is 19.0. The van der Waals surface area contributed by atoms with Crippen LogP contribution in [0.3, 0.4) is 0 Å². The standard InChI is InChI=1S/C23H24FN5O4S/c24-16-4-8-18(9-5-16)34(32,33)23(10-1-11-23)19-14-20(25)29-21(28-19)15-2-6-17(7-3-15)27-22(31)26-12-13-30/h2-9,14,30H,1,10-13H2,(H2,25,28,29)(H2,26,27,31). The Labute approximate surface area is 196 Å². The van der Waals surface area contributed by atoms with Crippen LogP contribution >= 0.6 is 0 Å². The van der Waals surface area contributed by atoms with E-state index in [-0.39, 0.29) is 29.7 Å². The molecule has 1 heterocycles. The maximum Gasteiger partial charge on any atom is 0.319 e. The minimum atomic E-state index is -3.86. The molecule has 0 aliphatic heterocycles. The molecule has 1 saturated carbocycles. The number of aromatic nitrogens is 2. The summed E-state index contributed by atoms with van der Waals surface area (Å²) in [6.07, 6.45) is 1.45. The first kappa shape index (κ1) is 23.6. The average molecular weight is 486 g/mol. The third-order valence-corrected chi connectivity index (χ3v) is 8.35. The Morgan fingerprint density at radius 2 is 1.76 bits per heavy atom. The van der Waals surface area contributed by atoms with Crippen molar-refractivity contribution >= 4 is 27.4 Å². The number of carbonyl (C=O) groups is 1. The monoisotopic (exact) mass is 485 g/mol. The molecule has 0 saturated heterocycles. The maximum atomic E-state index is 13.5. The summed E-state index contributed by atoms with van der Waals surface area (Å²) in [6, 6.07) is 12.5. The molecule has 5 N–H and O–H groups in total. The van der Waals surface area contributed by atoms with Gasteiger partial charge in [-0.25, -0.2) is 27.6 Å². The lowest BCUT2D eigenvalue weighted by atomic mass is 9.81. The number of aliphatic hydroxyl groups is 1. The molecule has 1 aliphatic rings. The van der Waals surface area contributed by atoms with E-state index in [1.807, 2.05) is 0 Å². The molecule has 3 aromatic rings. The van der Waals surface area contributed by atoms with Gasteiger partial charge in [0.15, 0.2) is 15.7 Å². The number of halogens is 1. The van der Waals surface area contributed by atoms with Gasteiger partial charge in [0.1, 0.15) is 16.4 Å². The van der Waals surface area contributed by atoms with E-state index in [2.05, 4.69) is 20.6 Å². The van der Waals surface area contributed by atoms with Crippen LogP contribution in [-0.4, -0.2) is 42.7 Å². The van der Waals surface area contributed by atoms with Crippen LogP contribution in [0.4, 0.5) is 20.7 Å². The van der Waals surface area contributed by atoms with Gasteiger partial charge in [0.05, 0.1) is 17.2 Å². The fraction of sp³-hybridized carbons (Fsp3) is 0.261. The van der Waals surface area contributed by atoms with Crippen LogP contribution in [0.5, 0.6) is 0 Å². The molecule has 0 bridgehead atoms. The van der Waals surface area contributed by atoms with Crippen LogP contribution < -0.4 is 16.4 Å². The summed E-state index contributed by atoms with van der Waals surface area (Å²) in [5.41, 5.74) is 7.44. The highest BCUT2D eigenvalue weighted by molar-refractivity contribution is 7.92. The molecule has 9 nitrogen and oxygen atoms in total. The van der Waals surface area contributed by atoms with E-state index in [1.165, 1.54) is 18.2 Å². The summed E-state index contributed by atoms with van der Waals surface area (Å²) in [4.78, 5) is 20.6. The molecule has 178 valence electrons. The molecule has 1 aromatic heterocycles. The lowest BCUT2D eigenvalue weighted by Crippen LogP contribution is -2.43. The second-order valence-electron chi connectivity index (χ2n) is 7.99. The van der Waals surface area contributed by atoms with Gasteiger partial charge in [0.2, 0.25) is 0 Å². The van der Waals surface area contributed by atoms with E-state index in [0.29, 0.717) is 36.2 Å². The number of sulfone groups is 1. The number of nitrogens with two attached hydrogens (primary N) is 1. The maximum absolute atomic E-state index is 13.5. The van der Waals surface area contributed by atoms with E-state index in [1.54, 1.807) is 24.3 Å². The first-order chi connectivity index (χ1) is 16.2. The zero-order valence-electron chi connectivity index (χ0n) is 18.2. The third-order valence-electron chi connectivity index (χ3n) is 5.81. The predicted molar refractivity (Wildman–Crippen MR) is 125 cm³/mol. The molecule has 0 radical (unpaired) electrons. The molecule has 1 aliphatic carbocycles. The molecule has 2 amide bonds. The average Bonchev–Trinajstić information content (AvgIpc) is 2.77. The molecule has 11 heteroatoms. The lowest BCUT2D eigenvalue weighted by Gasteiger charge is -2.40. The Kier molecular flexibility index (Phi) is 6.49. The molecule has 0 spiro atoms. The highest BCUT2D eigenvalue weighted by Gasteiger charge is 2.52. The van der Waals surface area contributed by atoms with Gasteiger partial charge in [-0.1, -0.05) is 0 Å². The predicted octanol–water partition coefficient (Wildman–Crippen LogP) is 2.83. The largest absolute Gasteiger partial charge is 0.395 e. The Morgan fingerprint density at radius 3 is 2.35 bits per heavy atom. The zero-order chi connectivity index (χ0) is 24.3. The molecule has 0 unspecified atom stereocenters. The fourth-order valence-corrected chi connectivity index (χ4v) is 6.03. The van der Waals surface area contributed by atoms with Crippen molar-refractivity contribution < 1.29 is 22.7 Å². The number of nitrogens with zero attached hydrogens (tertiary/aromatic N) is 2. The number of aliphatic hydroxyl groups excluding tert-OH is 1. The number of carbonyl (C=O) groups excluding carboxylic acids is 1. The smallest absolute Gasteiger partial charge is 0.319 e. The number of urea groups is 1.